The number of hydrogen-bond acceptors (Lipinski definition) is 8. The summed E-state index contributed by atoms with van der Waals surface area (Å²) in [6.45, 7) is 3.40. The molecule has 1 aliphatic heterocycles. The van der Waals surface area contributed by atoms with E-state index in [1.807, 2.05) is 30.3 Å². The number of nitro groups is 1. The molecule has 0 atom stereocenters. The molecule has 3 aromatic rings. The molecule has 1 aromatic heterocycles. The molecule has 0 aliphatic carbocycles. The van der Waals surface area contributed by atoms with Crippen LogP contribution >= 0.6 is 11.6 Å². The molecule has 0 spiro atoms. The van der Waals surface area contributed by atoms with Gasteiger partial charge in [0, 0.05) is 34.8 Å². The topological polar surface area (TPSA) is 126 Å². The van der Waals surface area contributed by atoms with Gasteiger partial charge in [-0.2, -0.15) is 5.10 Å². The van der Waals surface area contributed by atoms with Crippen LogP contribution in [0.15, 0.2) is 77.3 Å². The number of carbonyl (C=O) groups is 2. The van der Waals surface area contributed by atoms with Crippen LogP contribution in [0.25, 0.3) is 16.9 Å². The van der Waals surface area contributed by atoms with Crippen LogP contribution in [0.4, 0.5) is 5.69 Å². The van der Waals surface area contributed by atoms with E-state index >= 15 is 0 Å². The van der Waals surface area contributed by atoms with Crippen LogP contribution in [0.5, 0.6) is 0 Å². The number of benzene rings is 2. The predicted molar refractivity (Wildman–Crippen MR) is 136 cm³/mol. The first-order chi connectivity index (χ1) is 17.7. The van der Waals surface area contributed by atoms with Crippen molar-refractivity contribution in [2.75, 3.05) is 14.2 Å². The van der Waals surface area contributed by atoms with E-state index < -0.39 is 22.8 Å². The van der Waals surface area contributed by atoms with Crippen LogP contribution in [0.1, 0.15) is 25.3 Å². The number of nitro benzene ring substituents is 1. The molecule has 1 aliphatic rings. The highest BCUT2D eigenvalue weighted by Crippen LogP contribution is 2.43. The standard InChI is InChI=1S/C26H23ClN4O6/c1-14-21(25(32)36-3)23(22(15(2)28-14)26(33)37-4)18-13-30(17-8-6-5-7-9-17)29-24(18)16-10-11-19(27)20(12-16)31(34)35/h5-13,23,28H,1-4H3. The van der Waals surface area contributed by atoms with Gasteiger partial charge in [0.25, 0.3) is 5.69 Å². The number of methoxy groups -OCH3 is 2. The Morgan fingerprint density at radius 3 is 2.16 bits per heavy atom. The minimum atomic E-state index is -0.941. The summed E-state index contributed by atoms with van der Waals surface area (Å²) in [5.74, 6) is -2.24. The van der Waals surface area contributed by atoms with Crippen LogP contribution in [0.3, 0.4) is 0 Å². The lowest BCUT2D eigenvalue weighted by Gasteiger charge is -2.29. The third kappa shape index (κ3) is 4.70. The van der Waals surface area contributed by atoms with Gasteiger partial charge in [0.1, 0.15) is 5.02 Å². The molecule has 2 heterocycles. The third-order valence-corrected chi connectivity index (χ3v) is 6.38. The number of carbonyl (C=O) groups excluding carboxylic acids is 2. The molecule has 0 saturated heterocycles. The van der Waals surface area contributed by atoms with Crippen molar-refractivity contribution in [3.63, 3.8) is 0 Å². The zero-order chi connectivity index (χ0) is 26.9. The SMILES string of the molecule is COC(=O)C1=C(C)NC(C)=C(C(=O)OC)C1c1cn(-c2ccccc2)nc1-c1ccc(Cl)c([N+](=O)[O-])c1. The Hall–Kier alpha value is -4.44. The van der Waals surface area contributed by atoms with E-state index in [9.17, 15) is 19.7 Å². The van der Waals surface area contributed by atoms with Crippen molar-refractivity contribution in [2.45, 2.75) is 19.8 Å². The van der Waals surface area contributed by atoms with Crippen LogP contribution in [0, 0.1) is 10.1 Å². The molecule has 0 saturated carbocycles. The zero-order valence-electron chi connectivity index (χ0n) is 20.4. The van der Waals surface area contributed by atoms with Gasteiger partial charge in [0.05, 0.1) is 47.6 Å². The Morgan fingerprint density at radius 2 is 1.62 bits per heavy atom. The number of rotatable bonds is 6. The van der Waals surface area contributed by atoms with Gasteiger partial charge in [-0.25, -0.2) is 14.3 Å². The summed E-state index contributed by atoms with van der Waals surface area (Å²) >= 11 is 6.06. The summed E-state index contributed by atoms with van der Waals surface area (Å²) in [6.07, 6.45) is 1.69. The van der Waals surface area contributed by atoms with Crippen molar-refractivity contribution in [2.24, 2.45) is 0 Å². The van der Waals surface area contributed by atoms with E-state index in [0.717, 1.165) is 0 Å². The number of nitrogens with zero attached hydrogens (tertiary/aromatic N) is 3. The molecule has 0 radical (unpaired) electrons. The average molecular weight is 523 g/mol. The molecule has 190 valence electrons. The minimum absolute atomic E-state index is 0.0309. The molecule has 4 rings (SSSR count). The molecule has 1 N–H and O–H groups in total. The Labute approximate surface area is 217 Å². The maximum absolute atomic E-state index is 13.0. The number of aromatic nitrogens is 2. The summed E-state index contributed by atoms with van der Waals surface area (Å²) in [7, 11) is 2.50. The molecule has 11 heteroatoms. The van der Waals surface area contributed by atoms with Gasteiger partial charge in [0.15, 0.2) is 0 Å². The van der Waals surface area contributed by atoms with E-state index in [1.165, 1.54) is 26.4 Å². The predicted octanol–water partition coefficient (Wildman–Crippen LogP) is 4.68. The van der Waals surface area contributed by atoms with E-state index in [4.69, 9.17) is 26.2 Å². The lowest BCUT2D eigenvalue weighted by atomic mass is 9.79. The van der Waals surface area contributed by atoms with Crippen molar-refractivity contribution >= 4 is 29.2 Å². The maximum Gasteiger partial charge on any atom is 0.336 e. The van der Waals surface area contributed by atoms with Gasteiger partial charge < -0.3 is 14.8 Å². The van der Waals surface area contributed by atoms with Crippen LogP contribution in [0.2, 0.25) is 5.02 Å². The van der Waals surface area contributed by atoms with E-state index in [0.29, 0.717) is 33.9 Å². The second-order valence-electron chi connectivity index (χ2n) is 8.25. The summed E-state index contributed by atoms with van der Waals surface area (Å²) < 4.78 is 11.7. The van der Waals surface area contributed by atoms with Crippen LogP contribution in [-0.4, -0.2) is 40.9 Å². The summed E-state index contributed by atoms with van der Waals surface area (Å²) in [5, 5.41) is 19.4. The minimum Gasteiger partial charge on any atom is -0.466 e. The van der Waals surface area contributed by atoms with E-state index in [2.05, 4.69) is 5.32 Å². The van der Waals surface area contributed by atoms with Gasteiger partial charge in [0.2, 0.25) is 0 Å². The second kappa shape index (κ2) is 10.3. The largest absolute Gasteiger partial charge is 0.466 e. The summed E-state index contributed by atoms with van der Waals surface area (Å²) in [6, 6.07) is 13.5. The molecule has 0 amide bonds. The number of ether oxygens (including phenoxy) is 2. The van der Waals surface area contributed by atoms with Crippen molar-refractivity contribution in [1.82, 2.24) is 15.1 Å². The van der Waals surface area contributed by atoms with Crippen molar-refractivity contribution in [3.05, 3.63) is 98.0 Å². The fraction of sp³-hybridized carbons (Fsp3) is 0.192. The Kier molecular flexibility index (Phi) is 7.12. The Bertz CT molecular complexity index is 1440. The molecule has 0 unspecified atom stereocenters. The normalized spacial score (nSPS) is 13.9. The van der Waals surface area contributed by atoms with Crippen molar-refractivity contribution < 1.29 is 24.0 Å². The Balaban J connectivity index is 2.06. The molecular weight excluding hydrogens is 500 g/mol. The average Bonchev–Trinajstić information content (AvgIpc) is 3.33. The first-order valence-corrected chi connectivity index (χ1v) is 11.5. The van der Waals surface area contributed by atoms with Gasteiger partial charge >= 0.3 is 11.9 Å². The summed E-state index contributed by atoms with van der Waals surface area (Å²) in [4.78, 5) is 37.0. The maximum atomic E-state index is 13.0. The van der Waals surface area contributed by atoms with Crippen LogP contribution < -0.4 is 5.32 Å². The Morgan fingerprint density at radius 1 is 1.03 bits per heavy atom. The lowest BCUT2D eigenvalue weighted by molar-refractivity contribution is -0.384. The number of dihydropyridines is 1. The highest BCUT2D eigenvalue weighted by Gasteiger charge is 2.40. The zero-order valence-corrected chi connectivity index (χ0v) is 21.2. The third-order valence-electron chi connectivity index (χ3n) is 6.06. The first kappa shape index (κ1) is 25.6. The van der Waals surface area contributed by atoms with Gasteiger partial charge in [-0.05, 0) is 32.0 Å². The summed E-state index contributed by atoms with van der Waals surface area (Å²) in [5.41, 5.74) is 2.89. The van der Waals surface area contributed by atoms with E-state index in [1.54, 1.807) is 30.8 Å². The van der Waals surface area contributed by atoms with Crippen molar-refractivity contribution in [1.29, 1.82) is 0 Å². The smallest absolute Gasteiger partial charge is 0.336 e. The molecule has 0 fully saturated rings. The number of halogens is 1. The molecule has 2 aromatic carbocycles. The molecule has 10 nitrogen and oxygen atoms in total. The van der Waals surface area contributed by atoms with Gasteiger partial charge in [-0.3, -0.25) is 10.1 Å². The fourth-order valence-electron chi connectivity index (χ4n) is 4.40. The first-order valence-electron chi connectivity index (χ1n) is 11.1. The quantitative estimate of drug-likeness (QED) is 0.281. The molecule has 0 bridgehead atoms. The van der Waals surface area contributed by atoms with Gasteiger partial charge in [-0.15, -0.1) is 0 Å². The number of para-hydroxylation sites is 1. The number of hydrogen-bond donors (Lipinski definition) is 1. The highest BCUT2D eigenvalue weighted by atomic mass is 35.5. The lowest BCUT2D eigenvalue weighted by Crippen LogP contribution is -2.32. The second-order valence-corrected chi connectivity index (χ2v) is 8.66. The number of nitrogens with one attached hydrogen (secondary N) is 1. The fourth-order valence-corrected chi connectivity index (χ4v) is 4.59. The highest BCUT2D eigenvalue weighted by molar-refractivity contribution is 6.32. The molecular formula is C26H23ClN4O6. The number of allylic oxidation sites excluding steroid dienone is 2. The number of esters is 2. The van der Waals surface area contributed by atoms with Crippen LogP contribution in [-0.2, 0) is 19.1 Å². The molecule has 37 heavy (non-hydrogen) atoms. The monoisotopic (exact) mass is 522 g/mol. The van der Waals surface area contributed by atoms with Crippen molar-refractivity contribution in [3.8, 4) is 16.9 Å². The van der Waals surface area contributed by atoms with Gasteiger partial charge in [-0.1, -0.05) is 35.9 Å². The van der Waals surface area contributed by atoms with E-state index in [-0.39, 0.29) is 21.9 Å².